The third-order valence-electron chi connectivity index (χ3n) is 4.69. The number of ether oxygens (including phenoxy) is 2. The fourth-order valence-electron chi connectivity index (χ4n) is 3.25. The van der Waals surface area contributed by atoms with Crippen molar-refractivity contribution < 1.29 is 18.8 Å². The molecule has 0 radical (unpaired) electrons. The van der Waals surface area contributed by atoms with Crippen LogP contribution in [0.25, 0.3) is 6.08 Å². The molecule has 1 amide bonds. The molecule has 150 valence electrons. The van der Waals surface area contributed by atoms with E-state index in [2.05, 4.69) is 17.1 Å². The second-order valence-corrected chi connectivity index (χ2v) is 6.90. The van der Waals surface area contributed by atoms with E-state index in [1.807, 2.05) is 23.1 Å². The van der Waals surface area contributed by atoms with Crippen LogP contribution in [-0.2, 0) is 4.79 Å². The maximum absolute atomic E-state index is 12.6. The number of aryl methyl sites for hydroxylation is 1. The third kappa shape index (κ3) is 4.91. The number of hydrogen-bond donors (Lipinski definition) is 0. The minimum Gasteiger partial charge on any atom is -0.493 e. The molecule has 1 aliphatic heterocycles. The van der Waals surface area contributed by atoms with Crippen LogP contribution in [0.5, 0.6) is 11.5 Å². The highest BCUT2D eigenvalue weighted by atomic mass is 16.5. The first kappa shape index (κ1) is 19.9. The zero-order valence-corrected chi connectivity index (χ0v) is 16.7. The minimum atomic E-state index is -0.0220. The van der Waals surface area contributed by atoms with Gasteiger partial charge in [-0.05, 0) is 50.0 Å². The molecule has 1 aliphatic rings. The Morgan fingerprint density at radius 3 is 2.96 bits per heavy atom. The first-order chi connectivity index (χ1) is 13.6. The summed E-state index contributed by atoms with van der Waals surface area (Å²) in [5.74, 6) is 2.69. The van der Waals surface area contributed by atoms with Crippen LogP contribution in [-0.4, -0.2) is 47.8 Å². The van der Waals surface area contributed by atoms with Crippen molar-refractivity contribution in [3.05, 3.63) is 41.6 Å². The standard InChI is InChI=1S/C21H27N3O4/c1-4-12-27-18-9-7-16(13-19(18)26-3)8-10-20(25)24-11-5-6-17(14-24)21-22-15(2)23-28-21/h7-10,13,17H,4-6,11-12,14H2,1-3H3/b10-8+. The average Bonchev–Trinajstić information content (AvgIpc) is 3.17. The Morgan fingerprint density at radius 2 is 2.25 bits per heavy atom. The number of nitrogens with zero attached hydrogens (tertiary/aromatic N) is 3. The van der Waals surface area contributed by atoms with E-state index in [-0.39, 0.29) is 11.8 Å². The molecule has 2 aromatic rings. The molecule has 2 heterocycles. The molecule has 28 heavy (non-hydrogen) atoms. The second-order valence-electron chi connectivity index (χ2n) is 6.90. The molecule has 7 heteroatoms. The second kappa shape index (κ2) is 9.39. The summed E-state index contributed by atoms with van der Waals surface area (Å²) in [6.07, 6.45) is 6.20. The molecule has 0 N–H and O–H groups in total. The van der Waals surface area contributed by atoms with Crippen molar-refractivity contribution in [2.24, 2.45) is 0 Å². The van der Waals surface area contributed by atoms with Gasteiger partial charge in [-0.2, -0.15) is 4.98 Å². The minimum absolute atomic E-state index is 0.0220. The fraction of sp³-hybridized carbons (Fsp3) is 0.476. The van der Waals surface area contributed by atoms with Crippen LogP contribution in [0.1, 0.15) is 49.4 Å². The van der Waals surface area contributed by atoms with Gasteiger partial charge in [0, 0.05) is 19.2 Å². The summed E-state index contributed by atoms with van der Waals surface area (Å²) in [5.41, 5.74) is 0.884. The van der Waals surface area contributed by atoms with Gasteiger partial charge in [-0.1, -0.05) is 18.1 Å². The molecule has 1 saturated heterocycles. The third-order valence-corrected chi connectivity index (χ3v) is 4.69. The summed E-state index contributed by atoms with van der Waals surface area (Å²) in [4.78, 5) is 18.8. The van der Waals surface area contributed by atoms with Gasteiger partial charge in [-0.3, -0.25) is 4.79 Å². The van der Waals surface area contributed by atoms with Crippen molar-refractivity contribution >= 4 is 12.0 Å². The first-order valence-corrected chi connectivity index (χ1v) is 9.68. The van der Waals surface area contributed by atoms with Crippen molar-refractivity contribution in [1.29, 1.82) is 0 Å². The van der Waals surface area contributed by atoms with Crippen LogP contribution in [0, 0.1) is 6.92 Å². The van der Waals surface area contributed by atoms with Crippen molar-refractivity contribution in [2.45, 2.75) is 39.0 Å². The number of aromatic nitrogens is 2. The van der Waals surface area contributed by atoms with Gasteiger partial charge in [0.15, 0.2) is 17.3 Å². The number of hydrogen-bond acceptors (Lipinski definition) is 6. The molecular weight excluding hydrogens is 358 g/mol. The molecule has 1 aromatic carbocycles. The highest BCUT2D eigenvalue weighted by Crippen LogP contribution is 2.29. The van der Waals surface area contributed by atoms with Crippen LogP contribution < -0.4 is 9.47 Å². The van der Waals surface area contributed by atoms with Gasteiger partial charge >= 0.3 is 0 Å². The predicted molar refractivity (Wildman–Crippen MR) is 105 cm³/mol. The van der Waals surface area contributed by atoms with E-state index in [0.717, 1.165) is 31.4 Å². The molecule has 1 fully saturated rings. The van der Waals surface area contributed by atoms with E-state index in [0.29, 0.717) is 36.4 Å². The lowest BCUT2D eigenvalue weighted by molar-refractivity contribution is -0.127. The smallest absolute Gasteiger partial charge is 0.246 e. The van der Waals surface area contributed by atoms with E-state index in [1.165, 1.54) is 0 Å². The molecule has 3 rings (SSSR count). The Hall–Kier alpha value is -2.83. The lowest BCUT2D eigenvalue weighted by atomic mass is 9.98. The lowest BCUT2D eigenvalue weighted by Gasteiger charge is -2.30. The van der Waals surface area contributed by atoms with E-state index in [9.17, 15) is 4.79 Å². The zero-order chi connectivity index (χ0) is 19.9. The van der Waals surface area contributed by atoms with Gasteiger partial charge in [0.2, 0.25) is 11.8 Å². The molecule has 7 nitrogen and oxygen atoms in total. The molecule has 1 atom stereocenters. The molecule has 1 aromatic heterocycles. The molecule has 0 saturated carbocycles. The number of carbonyl (C=O) groups excluding carboxylic acids is 1. The number of amides is 1. The summed E-state index contributed by atoms with van der Waals surface area (Å²) < 4.78 is 16.3. The van der Waals surface area contributed by atoms with Crippen LogP contribution in [0.3, 0.4) is 0 Å². The number of carbonyl (C=O) groups is 1. The summed E-state index contributed by atoms with van der Waals surface area (Å²) in [6, 6.07) is 5.65. The normalized spacial score (nSPS) is 17.1. The van der Waals surface area contributed by atoms with Crippen LogP contribution >= 0.6 is 0 Å². The van der Waals surface area contributed by atoms with Gasteiger partial charge in [-0.15, -0.1) is 0 Å². The number of piperidine rings is 1. The quantitative estimate of drug-likeness (QED) is 0.678. The zero-order valence-electron chi connectivity index (χ0n) is 16.7. The lowest BCUT2D eigenvalue weighted by Crippen LogP contribution is -2.38. The van der Waals surface area contributed by atoms with E-state index < -0.39 is 0 Å². The maximum atomic E-state index is 12.6. The molecule has 0 spiro atoms. The SMILES string of the molecule is CCCOc1ccc(/C=C/C(=O)N2CCCC(c3nc(C)no3)C2)cc1OC. The van der Waals surface area contributed by atoms with Crippen molar-refractivity contribution in [3.63, 3.8) is 0 Å². The Labute approximate surface area is 165 Å². The number of benzene rings is 1. The number of methoxy groups -OCH3 is 1. The van der Waals surface area contributed by atoms with Crippen LogP contribution in [0.2, 0.25) is 0 Å². The average molecular weight is 385 g/mol. The van der Waals surface area contributed by atoms with E-state index in [4.69, 9.17) is 14.0 Å². The van der Waals surface area contributed by atoms with Gasteiger partial charge in [0.1, 0.15) is 0 Å². The summed E-state index contributed by atoms with van der Waals surface area (Å²) in [7, 11) is 1.61. The summed E-state index contributed by atoms with van der Waals surface area (Å²) in [5, 5.41) is 3.85. The van der Waals surface area contributed by atoms with E-state index in [1.54, 1.807) is 26.2 Å². The topological polar surface area (TPSA) is 77.7 Å². The Morgan fingerprint density at radius 1 is 1.39 bits per heavy atom. The Balaban J connectivity index is 1.64. The largest absolute Gasteiger partial charge is 0.493 e. The van der Waals surface area contributed by atoms with Crippen molar-refractivity contribution in [2.75, 3.05) is 26.8 Å². The summed E-state index contributed by atoms with van der Waals surface area (Å²) >= 11 is 0. The molecular formula is C21H27N3O4. The maximum Gasteiger partial charge on any atom is 0.246 e. The summed E-state index contributed by atoms with van der Waals surface area (Å²) in [6.45, 7) is 5.83. The monoisotopic (exact) mass is 385 g/mol. The molecule has 1 unspecified atom stereocenters. The van der Waals surface area contributed by atoms with Gasteiger partial charge in [0.25, 0.3) is 0 Å². The first-order valence-electron chi connectivity index (χ1n) is 9.68. The van der Waals surface area contributed by atoms with Gasteiger partial charge in [0.05, 0.1) is 19.6 Å². The number of likely N-dealkylation sites (tertiary alicyclic amines) is 1. The van der Waals surface area contributed by atoms with Crippen LogP contribution in [0.15, 0.2) is 28.8 Å². The van der Waals surface area contributed by atoms with Crippen molar-refractivity contribution in [1.82, 2.24) is 15.0 Å². The van der Waals surface area contributed by atoms with Gasteiger partial charge < -0.3 is 18.9 Å². The Bertz CT molecular complexity index is 831. The highest BCUT2D eigenvalue weighted by Gasteiger charge is 2.27. The fourth-order valence-corrected chi connectivity index (χ4v) is 3.25. The van der Waals surface area contributed by atoms with Gasteiger partial charge in [-0.25, -0.2) is 0 Å². The van der Waals surface area contributed by atoms with Crippen LogP contribution in [0.4, 0.5) is 0 Å². The number of rotatable bonds is 7. The van der Waals surface area contributed by atoms with Crippen molar-refractivity contribution in [3.8, 4) is 11.5 Å². The van der Waals surface area contributed by atoms with E-state index >= 15 is 0 Å². The highest BCUT2D eigenvalue weighted by molar-refractivity contribution is 5.92. The Kier molecular flexibility index (Phi) is 6.68. The molecule has 0 aliphatic carbocycles. The molecule has 0 bridgehead atoms. The predicted octanol–water partition coefficient (Wildman–Crippen LogP) is 3.59.